The zero-order valence-electron chi connectivity index (χ0n) is 49.5. The number of hydrogen-bond acceptors (Lipinski definition) is 10. The topological polar surface area (TPSA) is 261 Å². The number of aliphatic imine (C=N–C) groups is 1. The Morgan fingerprint density at radius 2 is 1.24 bits per heavy atom. The molecule has 86 heavy (non-hydrogen) atoms. The van der Waals surface area contributed by atoms with Crippen LogP contribution in [-0.4, -0.2) is 61.9 Å². The Kier molecular flexibility index (Phi) is 20.5. The van der Waals surface area contributed by atoms with Crippen molar-refractivity contribution in [1.82, 2.24) is 30.2 Å². The van der Waals surface area contributed by atoms with Crippen LogP contribution in [0.1, 0.15) is 129 Å². The Labute approximate surface area is 521 Å². The van der Waals surface area contributed by atoms with Crippen molar-refractivity contribution in [2.45, 2.75) is 119 Å². The van der Waals surface area contributed by atoms with Gasteiger partial charge in [0.1, 0.15) is 0 Å². The minimum Gasteiger partial charge on any atom is -0.678 e. The molecule has 450 valence electrons. The summed E-state index contributed by atoms with van der Waals surface area (Å²) in [5, 5.41) is 51.9. The number of hydrogen-bond donors (Lipinski definition) is 3. The van der Waals surface area contributed by atoms with Crippen molar-refractivity contribution in [2.24, 2.45) is 22.7 Å². The van der Waals surface area contributed by atoms with Gasteiger partial charge in [-0.25, -0.2) is 15.0 Å². The average Bonchev–Trinajstić information content (AvgIpc) is 1.76. The van der Waals surface area contributed by atoms with Crippen LogP contribution >= 0.6 is 0 Å². The quantitative estimate of drug-likeness (QED) is 0.0705. The predicted molar refractivity (Wildman–Crippen MR) is 326 cm³/mol. The van der Waals surface area contributed by atoms with Crippen LogP contribution in [0, 0.1) is 38.5 Å². The molecule has 0 aromatic carbocycles. The van der Waals surface area contributed by atoms with Gasteiger partial charge in [0.25, 0.3) is 0 Å². The van der Waals surface area contributed by atoms with E-state index in [1.54, 1.807) is 18.2 Å². The Bertz CT molecular complexity index is 4100. The maximum Gasteiger partial charge on any atom is 0.303 e. The summed E-state index contributed by atoms with van der Waals surface area (Å²) in [5.41, 5.74) is 20.6. The number of carboxylic acids is 4. The third-order valence-electron chi connectivity index (χ3n) is 17.2. The number of nitrogens with zero attached hydrogens (tertiary/aromatic N) is 7. The molecule has 0 radical (unpaired) electrons. The fraction of sp³-hybridized carbons (Fsp3) is 0.309. The van der Waals surface area contributed by atoms with Crippen LogP contribution in [0.5, 0.6) is 0 Å². The van der Waals surface area contributed by atoms with E-state index in [0.29, 0.717) is 45.2 Å². The zero-order valence-corrected chi connectivity index (χ0v) is 51.7. The van der Waals surface area contributed by atoms with Crippen molar-refractivity contribution < 1.29 is 73.7 Å². The molecule has 6 aliphatic heterocycles. The molecule has 18 heteroatoms. The molecule has 10 rings (SSSR count). The fourth-order valence-electron chi connectivity index (χ4n) is 12.2. The number of aliphatic carboxylic acids is 4. The average molecular weight is 1240 g/mol. The minimum absolute atomic E-state index is 0. The number of allylic oxidation sites excluding steroid dienone is 10. The number of fused-ring (bicyclic) bond motifs is 15. The summed E-state index contributed by atoms with van der Waals surface area (Å²) in [4.78, 5) is 75.5. The summed E-state index contributed by atoms with van der Waals surface area (Å²) in [6.45, 7) is 32.1. The largest absolute Gasteiger partial charge is 0.678 e. The molecule has 0 spiro atoms. The first kappa shape index (κ1) is 65.3. The van der Waals surface area contributed by atoms with Gasteiger partial charge < -0.3 is 55.6 Å². The van der Waals surface area contributed by atoms with Gasteiger partial charge in [0, 0.05) is 87.7 Å². The van der Waals surface area contributed by atoms with Crippen LogP contribution in [0.15, 0.2) is 120 Å². The first-order valence-corrected chi connectivity index (χ1v) is 28.2. The molecule has 0 saturated carbocycles. The van der Waals surface area contributed by atoms with Crippen molar-refractivity contribution >= 4 is 92.2 Å². The molecule has 1 fully saturated rings. The van der Waals surface area contributed by atoms with Crippen LogP contribution < -0.4 is 41.2 Å². The van der Waals surface area contributed by atoms with Gasteiger partial charge in [0.15, 0.2) is 0 Å². The summed E-state index contributed by atoms with van der Waals surface area (Å²) in [5.74, 6) is -3.94. The van der Waals surface area contributed by atoms with E-state index in [1.165, 1.54) is 0 Å². The summed E-state index contributed by atoms with van der Waals surface area (Å²) in [6.07, 6.45) is 16.4. The van der Waals surface area contributed by atoms with Gasteiger partial charge in [-0.15, -0.1) is 45.0 Å². The third-order valence-corrected chi connectivity index (χ3v) is 17.2. The molecule has 1 saturated heterocycles. The first-order chi connectivity index (χ1) is 40.0. The van der Waals surface area contributed by atoms with Gasteiger partial charge in [-0.3, -0.25) is 9.59 Å². The second-order valence-corrected chi connectivity index (χ2v) is 22.1. The van der Waals surface area contributed by atoms with Gasteiger partial charge >= 0.3 is 11.9 Å². The fourth-order valence-corrected chi connectivity index (χ4v) is 12.2. The molecule has 3 N–H and O–H groups in total. The van der Waals surface area contributed by atoms with Gasteiger partial charge in [-0.1, -0.05) is 139 Å². The maximum absolute atomic E-state index is 11.6. The number of aryl methyl sites for hydroxylation is 3. The number of aromatic nitrogens is 5. The van der Waals surface area contributed by atoms with Gasteiger partial charge in [0.05, 0.1) is 34.2 Å². The Morgan fingerprint density at radius 3 is 1.90 bits per heavy atom. The molecular formula is C68H68Fe2N8O8-6. The Balaban J connectivity index is 0.000000240. The number of nitrogens with one attached hydrogen (secondary N) is 1. The van der Waals surface area contributed by atoms with E-state index in [-0.39, 0.29) is 109 Å². The smallest absolute Gasteiger partial charge is 0.303 e. The second kappa shape index (κ2) is 27.0. The molecule has 5 unspecified atom stereocenters. The number of carbonyl (C=O) groups excluding carboxylic acids is 2. The minimum atomic E-state index is -1.15. The number of carbonyl (C=O) groups is 4. The Morgan fingerprint density at radius 1 is 0.640 bits per heavy atom. The van der Waals surface area contributed by atoms with Crippen LogP contribution in [0.25, 0.3) is 67.9 Å². The van der Waals surface area contributed by atoms with Crippen LogP contribution in [0.2, 0.25) is 0 Å². The maximum atomic E-state index is 11.6. The molecule has 0 aliphatic carbocycles. The molecule has 4 aromatic heterocycles. The van der Waals surface area contributed by atoms with Crippen molar-refractivity contribution in [3.63, 3.8) is 0 Å². The number of rotatable bonds is 16. The molecule has 0 amide bonds. The van der Waals surface area contributed by atoms with E-state index in [2.05, 4.69) is 57.6 Å². The number of carboxylic acid groups (broad SMARTS) is 4. The van der Waals surface area contributed by atoms with Crippen molar-refractivity contribution in [3.8, 4) is 0 Å². The molecule has 6 aliphatic rings. The van der Waals surface area contributed by atoms with E-state index in [0.717, 1.165) is 112 Å². The van der Waals surface area contributed by atoms with Crippen molar-refractivity contribution in [1.29, 1.82) is 0 Å². The second-order valence-electron chi connectivity index (χ2n) is 22.1. The van der Waals surface area contributed by atoms with Crippen LogP contribution in [0.3, 0.4) is 0 Å². The van der Waals surface area contributed by atoms with Gasteiger partial charge in [-0.2, -0.15) is 0 Å². The Hall–Kier alpha value is -8.27. The van der Waals surface area contributed by atoms with E-state index < -0.39 is 23.9 Å². The zero-order chi connectivity index (χ0) is 60.6. The summed E-state index contributed by atoms with van der Waals surface area (Å²) in [7, 11) is 0. The first-order valence-electron chi connectivity index (χ1n) is 28.2. The standard InChI is InChI=1S/C34H39N4O4.C34H34N4O4.2Fe/c2*1-7-21-17(3)25-13-26-19(5)23(9-11-33(39)40)31(37-26)16-32-24(10-12-34(41)42)20(6)28(38-32)15-30-22(8-2)18(4)27(36-30)14-29(21)35-25;;/h7-8,13-16,19,21,23,29,31,37H,1-2,9-12H2,3-6H3,(H3,36,38,39,40,41,42);7-8,13-16H,1-2,9-12H2,3-6H3,(H4,35,36,37,38,39,40,41,42);;/q-1;;;/p-5. The van der Waals surface area contributed by atoms with Crippen LogP contribution in [-0.2, 0) is 66.2 Å². The van der Waals surface area contributed by atoms with Crippen molar-refractivity contribution in [3.05, 3.63) is 187 Å². The van der Waals surface area contributed by atoms with Gasteiger partial charge in [-0.05, 0) is 127 Å². The molecule has 5 atom stereocenters. The molecule has 10 heterocycles. The SMILES string of the molecule is C=CC1=C(C)C2=CC3[N-]C(=C(C)C3C=C)C=C3NC(C=c4[n-]c(c(C)c4CCC(=O)[O-])=CC1=N2)C(CCC(=O)O)C3C.C=CC1=C(C)c2cc3[n-]c(cc4nc(cc5[n-]c(cc1n2)c(C)c5CCC(=O)O)C(CCC(=O)[O-])=C4C)c(C)c3C=C.[Fe].[Fe]. The van der Waals surface area contributed by atoms with E-state index in [1.807, 2.05) is 84.0 Å². The van der Waals surface area contributed by atoms with E-state index in [4.69, 9.17) is 35.2 Å². The summed E-state index contributed by atoms with van der Waals surface area (Å²) < 4.78 is 0. The van der Waals surface area contributed by atoms with Gasteiger partial charge in [0.2, 0.25) is 0 Å². The predicted octanol–water partition coefficient (Wildman–Crippen LogP) is 8.28. The molecule has 16 nitrogen and oxygen atoms in total. The molecule has 4 aromatic rings. The molecule has 16 bridgehead atoms. The normalized spacial score (nSPS) is 19.3. The third kappa shape index (κ3) is 13.1. The summed E-state index contributed by atoms with van der Waals surface area (Å²) in [6, 6.07) is 7.21. The summed E-state index contributed by atoms with van der Waals surface area (Å²) >= 11 is 0. The van der Waals surface area contributed by atoms with E-state index >= 15 is 0 Å². The molecular weight excluding hydrogens is 1170 g/mol. The van der Waals surface area contributed by atoms with Crippen LogP contribution in [0.4, 0.5) is 0 Å². The van der Waals surface area contributed by atoms with E-state index in [9.17, 15) is 39.6 Å². The van der Waals surface area contributed by atoms with Crippen molar-refractivity contribution in [2.75, 3.05) is 0 Å². The monoisotopic (exact) mass is 1240 g/mol.